The zero-order chi connectivity index (χ0) is 17.5. The molecule has 5 nitrogen and oxygen atoms in total. The molecule has 0 saturated carbocycles. The summed E-state index contributed by atoms with van der Waals surface area (Å²) in [4.78, 5) is 17.1. The Labute approximate surface area is 149 Å². The standard InChI is InChI=1S/C19H29FN4O/c20-18-5-1-3-16(13-18)14-24-9-2-4-17(15-24)19(25)22-8-12-23-10-6-21-7-11-23/h1,3,5,13,17,21H,2,4,6-12,14-15H2,(H,22,25). The lowest BCUT2D eigenvalue weighted by Gasteiger charge is -2.32. The van der Waals surface area contributed by atoms with Crippen molar-refractivity contribution in [2.24, 2.45) is 5.92 Å². The average molecular weight is 348 g/mol. The van der Waals surface area contributed by atoms with E-state index < -0.39 is 0 Å². The summed E-state index contributed by atoms with van der Waals surface area (Å²) in [5.74, 6) is 0.0149. The van der Waals surface area contributed by atoms with Crippen LogP contribution < -0.4 is 10.6 Å². The number of halogens is 1. The van der Waals surface area contributed by atoms with Crippen LogP contribution in [0.1, 0.15) is 18.4 Å². The maximum Gasteiger partial charge on any atom is 0.224 e. The molecule has 0 spiro atoms. The highest BCUT2D eigenvalue weighted by Gasteiger charge is 2.25. The van der Waals surface area contributed by atoms with Crippen LogP contribution in [-0.2, 0) is 11.3 Å². The predicted octanol–water partition coefficient (Wildman–Crippen LogP) is 1.06. The number of hydrogen-bond acceptors (Lipinski definition) is 4. The molecule has 1 atom stereocenters. The van der Waals surface area contributed by atoms with Gasteiger partial charge in [-0.25, -0.2) is 4.39 Å². The summed E-state index contributed by atoms with van der Waals surface area (Å²) < 4.78 is 13.3. The number of rotatable bonds is 6. The first-order valence-electron chi connectivity index (χ1n) is 9.38. The van der Waals surface area contributed by atoms with E-state index in [9.17, 15) is 9.18 Å². The van der Waals surface area contributed by atoms with Crippen LogP contribution in [0, 0.1) is 11.7 Å². The van der Waals surface area contributed by atoms with Crippen molar-refractivity contribution in [3.8, 4) is 0 Å². The van der Waals surface area contributed by atoms with Gasteiger partial charge in [0, 0.05) is 52.4 Å². The molecule has 1 amide bonds. The first-order chi connectivity index (χ1) is 12.2. The highest BCUT2D eigenvalue weighted by Crippen LogP contribution is 2.19. The molecule has 1 aromatic rings. The van der Waals surface area contributed by atoms with Crippen molar-refractivity contribution in [2.45, 2.75) is 19.4 Å². The molecule has 3 rings (SSSR count). The SMILES string of the molecule is O=C(NCCN1CCNCC1)C1CCCN(Cc2cccc(F)c2)C1. The molecule has 0 radical (unpaired) electrons. The Morgan fingerprint density at radius 1 is 1.24 bits per heavy atom. The summed E-state index contributed by atoms with van der Waals surface area (Å²) >= 11 is 0. The monoisotopic (exact) mass is 348 g/mol. The first-order valence-corrected chi connectivity index (χ1v) is 9.38. The largest absolute Gasteiger partial charge is 0.355 e. The number of piperazine rings is 1. The van der Waals surface area contributed by atoms with Crippen molar-refractivity contribution in [2.75, 3.05) is 52.4 Å². The van der Waals surface area contributed by atoms with Gasteiger partial charge in [0.05, 0.1) is 5.92 Å². The van der Waals surface area contributed by atoms with Gasteiger partial charge in [0.15, 0.2) is 0 Å². The second-order valence-electron chi connectivity index (χ2n) is 7.09. The molecular weight excluding hydrogens is 319 g/mol. The molecule has 0 bridgehead atoms. The Kier molecular flexibility index (Phi) is 6.78. The van der Waals surface area contributed by atoms with Crippen LogP contribution in [0.4, 0.5) is 4.39 Å². The van der Waals surface area contributed by atoms with E-state index >= 15 is 0 Å². The Hall–Kier alpha value is -1.50. The van der Waals surface area contributed by atoms with Gasteiger partial charge in [-0.3, -0.25) is 14.6 Å². The molecule has 0 aliphatic carbocycles. The minimum Gasteiger partial charge on any atom is -0.355 e. The molecule has 6 heteroatoms. The van der Waals surface area contributed by atoms with Gasteiger partial charge in [-0.1, -0.05) is 12.1 Å². The van der Waals surface area contributed by atoms with Crippen molar-refractivity contribution < 1.29 is 9.18 Å². The van der Waals surface area contributed by atoms with Crippen LogP contribution in [0.5, 0.6) is 0 Å². The molecule has 2 aliphatic rings. The predicted molar refractivity (Wildman–Crippen MR) is 96.7 cm³/mol. The highest BCUT2D eigenvalue weighted by molar-refractivity contribution is 5.78. The fraction of sp³-hybridized carbons (Fsp3) is 0.632. The first kappa shape index (κ1) is 18.3. The van der Waals surface area contributed by atoms with E-state index in [-0.39, 0.29) is 17.6 Å². The molecule has 2 fully saturated rings. The number of nitrogens with zero attached hydrogens (tertiary/aromatic N) is 2. The molecule has 2 N–H and O–H groups in total. The minimum absolute atomic E-state index is 0.0466. The summed E-state index contributed by atoms with van der Waals surface area (Å²) in [7, 11) is 0. The van der Waals surface area contributed by atoms with E-state index in [1.165, 1.54) is 6.07 Å². The van der Waals surface area contributed by atoms with E-state index in [2.05, 4.69) is 20.4 Å². The van der Waals surface area contributed by atoms with E-state index in [4.69, 9.17) is 0 Å². The second kappa shape index (κ2) is 9.27. The van der Waals surface area contributed by atoms with E-state index in [1.807, 2.05) is 6.07 Å². The van der Waals surface area contributed by atoms with Gasteiger partial charge in [-0.2, -0.15) is 0 Å². The van der Waals surface area contributed by atoms with Crippen molar-refractivity contribution in [3.05, 3.63) is 35.6 Å². The number of amides is 1. The number of carbonyl (C=O) groups excluding carboxylic acids is 1. The molecule has 2 aliphatic heterocycles. The number of benzene rings is 1. The number of likely N-dealkylation sites (tertiary alicyclic amines) is 1. The lowest BCUT2D eigenvalue weighted by atomic mass is 9.96. The maximum absolute atomic E-state index is 13.3. The number of nitrogens with one attached hydrogen (secondary N) is 2. The third kappa shape index (κ3) is 5.76. The number of hydrogen-bond donors (Lipinski definition) is 2. The summed E-state index contributed by atoms with van der Waals surface area (Å²) in [5.41, 5.74) is 0.972. The highest BCUT2D eigenvalue weighted by atomic mass is 19.1. The third-order valence-corrected chi connectivity index (χ3v) is 5.11. The summed E-state index contributed by atoms with van der Waals surface area (Å²) in [6.45, 7) is 8.27. The number of piperidine rings is 1. The van der Waals surface area contributed by atoms with Crippen LogP contribution >= 0.6 is 0 Å². The summed E-state index contributed by atoms with van der Waals surface area (Å²) in [6.07, 6.45) is 1.96. The fourth-order valence-corrected chi connectivity index (χ4v) is 3.72. The van der Waals surface area contributed by atoms with Gasteiger partial charge in [0.1, 0.15) is 5.82 Å². The van der Waals surface area contributed by atoms with Crippen molar-refractivity contribution in [1.29, 1.82) is 0 Å². The lowest BCUT2D eigenvalue weighted by molar-refractivity contribution is -0.126. The molecule has 2 heterocycles. The van der Waals surface area contributed by atoms with Crippen LogP contribution in [0.15, 0.2) is 24.3 Å². The minimum atomic E-state index is -0.197. The van der Waals surface area contributed by atoms with Crippen LogP contribution in [0.3, 0.4) is 0 Å². The molecule has 1 aromatic carbocycles. The molecule has 138 valence electrons. The van der Waals surface area contributed by atoms with E-state index in [1.54, 1.807) is 12.1 Å². The molecular formula is C19H29FN4O. The molecule has 0 aromatic heterocycles. The van der Waals surface area contributed by atoms with E-state index in [0.717, 1.165) is 70.8 Å². The quantitative estimate of drug-likeness (QED) is 0.807. The van der Waals surface area contributed by atoms with Crippen LogP contribution in [0.2, 0.25) is 0 Å². The van der Waals surface area contributed by atoms with Crippen LogP contribution in [-0.4, -0.2) is 68.1 Å². The molecule has 25 heavy (non-hydrogen) atoms. The van der Waals surface area contributed by atoms with Gasteiger partial charge in [-0.05, 0) is 37.1 Å². The van der Waals surface area contributed by atoms with Crippen molar-refractivity contribution in [3.63, 3.8) is 0 Å². The lowest BCUT2D eigenvalue weighted by Crippen LogP contribution is -2.48. The van der Waals surface area contributed by atoms with Crippen LogP contribution in [0.25, 0.3) is 0 Å². The third-order valence-electron chi connectivity index (χ3n) is 5.11. The summed E-state index contributed by atoms with van der Waals surface area (Å²) in [6, 6.07) is 6.74. The Balaban J connectivity index is 1.41. The molecule has 2 saturated heterocycles. The normalized spacial score (nSPS) is 22.7. The Morgan fingerprint density at radius 2 is 2.08 bits per heavy atom. The fourth-order valence-electron chi connectivity index (χ4n) is 3.72. The topological polar surface area (TPSA) is 47.6 Å². The van der Waals surface area contributed by atoms with Crippen molar-refractivity contribution in [1.82, 2.24) is 20.4 Å². The smallest absolute Gasteiger partial charge is 0.224 e. The second-order valence-corrected chi connectivity index (χ2v) is 7.09. The summed E-state index contributed by atoms with van der Waals surface area (Å²) in [5, 5.41) is 6.44. The van der Waals surface area contributed by atoms with Gasteiger partial charge < -0.3 is 10.6 Å². The number of carbonyl (C=O) groups is 1. The van der Waals surface area contributed by atoms with Gasteiger partial charge in [0.2, 0.25) is 5.91 Å². The zero-order valence-corrected chi connectivity index (χ0v) is 14.8. The molecule has 1 unspecified atom stereocenters. The maximum atomic E-state index is 13.3. The van der Waals surface area contributed by atoms with Crippen molar-refractivity contribution >= 4 is 5.91 Å². The zero-order valence-electron chi connectivity index (χ0n) is 14.8. The van der Waals surface area contributed by atoms with Gasteiger partial charge in [-0.15, -0.1) is 0 Å². The van der Waals surface area contributed by atoms with E-state index in [0.29, 0.717) is 6.54 Å². The van der Waals surface area contributed by atoms with Gasteiger partial charge in [0.25, 0.3) is 0 Å². The van der Waals surface area contributed by atoms with Gasteiger partial charge >= 0.3 is 0 Å². The Morgan fingerprint density at radius 3 is 2.88 bits per heavy atom. The average Bonchev–Trinajstić information content (AvgIpc) is 2.63. The Bertz CT molecular complexity index is 562.